The number of quaternary nitrogens is 1. The number of aromatic nitrogens is 1. The number of benzene rings is 2. The summed E-state index contributed by atoms with van der Waals surface area (Å²) >= 11 is 5.94. The fourth-order valence-electron chi connectivity index (χ4n) is 2.59. The number of oxazole rings is 1. The third-order valence-electron chi connectivity index (χ3n) is 3.81. The molecule has 0 aliphatic heterocycles. The number of rotatable bonds is 5. The topological polar surface area (TPSA) is 39.6 Å². The van der Waals surface area contributed by atoms with E-state index in [-0.39, 0.29) is 5.76 Å². The monoisotopic (exact) mass is 317 g/mol. The molecule has 2 aromatic carbocycles. The first-order chi connectivity index (χ1) is 10.7. The summed E-state index contributed by atoms with van der Waals surface area (Å²) in [7, 11) is 0. The van der Waals surface area contributed by atoms with E-state index in [1.54, 1.807) is 16.7 Å². The zero-order valence-electron chi connectivity index (χ0n) is 12.4. The number of nitrogens with one attached hydrogen (secondary N) is 1. The van der Waals surface area contributed by atoms with Crippen LogP contribution in [-0.4, -0.2) is 11.1 Å². The SMILES string of the molecule is CC[NH+](Cc1ccccc1)Cn1c(=O)oc2cc(Cl)ccc21. The fourth-order valence-corrected chi connectivity index (χ4v) is 2.75. The Morgan fingerprint density at radius 3 is 2.68 bits per heavy atom. The predicted octanol–water partition coefficient (Wildman–Crippen LogP) is 2.31. The lowest BCUT2D eigenvalue weighted by molar-refractivity contribution is -0.934. The second-order valence-corrected chi connectivity index (χ2v) is 5.77. The van der Waals surface area contributed by atoms with E-state index in [0.717, 1.165) is 18.6 Å². The number of hydrogen-bond acceptors (Lipinski definition) is 2. The standard InChI is InChI=1S/C17H17ClN2O2/c1-2-19(11-13-6-4-3-5-7-13)12-20-15-9-8-14(18)10-16(15)22-17(20)21/h3-10H,2,11-12H2,1H3/p+1. The van der Waals surface area contributed by atoms with Gasteiger partial charge in [-0.2, -0.15) is 0 Å². The molecule has 0 bridgehead atoms. The highest BCUT2D eigenvalue weighted by atomic mass is 35.5. The molecule has 0 aliphatic carbocycles. The zero-order valence-corrected chi connectivity index (χ0v) is 13.1. The molecule has 0 amide bonds. The maximum absolute atomic E-state index is 12.1. The molecule has 114 valence electrons. The van der Waals surface area contributed by atoms with Crippen molar-refractivity contribution in [1.29, 1.82) is 0 Å². The van der Waals surface area contributed by atoms with Crippen molar-refractivity contribution in [3.05, 3.63) is 69.7 Å². The molecular formula is C17H18ClN2O2+. The van der Waals surface area contributed by atoms with Crippen LogP contribution in [-0.2, 0) is 13.2 Å². The normalized spacial score (nSPS) is 12.6. The molecule has 0 saturated heterocycles. The van der Waals surface area contributed by atoms with Crippen LogP contribution in [0.15, 0.2) is 57.7 Å². The Morgan fingerprint density at radius 1 is 1.18 bits per heavy atom. The molecule has 1 heterocycles. The summed E-state index contributed by atoms with van der Waals surface area (Å²) in [5.74, 6) is -0.337. The Kier molecular flexibility index (Phi) is 4.32. The highest BCUT2D eigenvalue weighted by molar-refractivity contribution is 6.31. The van der Waals surface area contributed by atoms with Gasteiger partial charge in [-0.1, -0.05) is 41.9 Å². The first-order valence-corrected chi connectivity index (χ1v) is 7.71. The first kappa shape index (κ1) is 14.9. The maximum Gasteiger partial charge on any atom is 0.424 e. The predicted molar refractivity (Wildman–Crippen MR) is 87.1 cm³/mol. The Hall–Kier alpha value is -2.04. The fraction of sp³-hybridized carbons (Fsp3) is 0.235. The van der Waals surface area contributed by atoms with Gasteiger partial charge in [0.2, 0.25) is 0 Å². The van der Waals surface area contributed by atoms with Gasteiger partial charge in [0.15, 0.2) is 12.3 Å². The van der Waals surface area contributed by atoms with E-state index >= 15 is 0 Å². The van der Waals surface area contributed by atoms with Crippen molar-refractivity contribution in [1.82, 2.24) is 4.57 Å². The average molecular weight is 318 g/mol. The first-order valence-electron chi connectivity index (χ1n) is 7.33. The van der Waals surface area contributed by atoms with Crippen LogP contribution in [0.3, 0.4) is 0 Å². The van der Waals surface area contributed by atoms with Gasteiger partial charge in [-0.05, 0) is 19.1 Å². The Labute approximate surface area is 133 Å². The average Bonchev–Trinajstić information content (AvgIpc) is 2.82. The van der Waals surface area contributed by atoms with Gasteiger partial charge in [0, 0.05) is 16.7 Å². The molecule has 4 nitrogen and oxygen atoms in total. The summed E-state index contributed by atoms with van der Waals surface area (Å²) in [6, 6.07) is 15.6. The minimum atomic E-state index is -0.337. The van der Waals surface area contributed by atoms with E-state index in [2.05, 4.69) is 19.1 Å². The van der Waals surface area contributed by atoms with Crippen LogP contribution in [0.25, 0.3) is 11.1 Å². The number of fused-ring (bicyclic) bond motifs is 1. The van der Waals surface area contributed by atoms with Gasteiger partial charge in [-0.25, -0.2) is 9.36 Å². The van der Waals surface area contributed by atoms with Crippen LogP contribution in [0, 0.1) is 0 Å². The molecular weight excluding hydrogens is 300 g/mol. The van der Waals surface area contributed by atoms with Gasteiger partial charge < -0.3 is 9.32 Å². The molecule has 0 fully saturated rings. The van der Waals surface area contributed by atoms with Crippen molar-refractivity contribution in [3.8, 4) is 0 Å². The van der Waals surface area contributed by atoms with E-state index in [1.807, 2.05) is 24.3 Å². The minimum absolute atomic E-state index is 0.337. The quantitative estimate of drug-likeness (QED) is 0.784. The molecule has 1 atom stereocenters. The van der Waals surface area contributed by atoms with E-state index in [9.17, 15) is 4.79 Å². The van der Waals surface area contributed by atoms with Crippen LogP contribution < -0.4 is 10.7 Å². The minimum Gasteiger partial charge on any atom is -0.408 e. The molecule has 1 N–H and O–H groups in total. The summed E-state index contributed by atoms with van der Waals surface area (Å²) < 4.78 is 6.96. The van der Waals surface area contributed by atoms with Crippen molar-refractivity contribution in [2.24, 2.45) is 0 Å². The van der Waals surface area contributed by atoms with Gasteiger partial charge in [-0.15, -0.1) is 0 Å². The second kappa shape index (κ2) is 6.38. The lowest BCUT2D eigenvalue weighted by atomic mass is 10.2. The zero-order chi connectivity index (χ0) is 15.5. The molecule has 1 unspecified atom stereocenters. The van der Waals surface area contributed by atoms with Gasteiger partial charge in [0.05, 0.1) is 12.1 Å². The van der Waals surface area contributed by atoms with Gasteiger partial charge in [-0.3, -0.25) is 0 Å². The molecule has 0 aliphatic rings. The number of halogens is 1. The Balaban J connectivity index is 1.88. The molecule has 0 radical (unpaired) electrons. The molecule has 0 saturated carbocycles. The molecule has 0 spiro atoms. The molecule has 5 heteroatoms. The van der Waals surface area contributed by atoms with Gasteiger partial charge in [0.1, 0.15) is 6.54 Å². The Bertz CT molecular complexity index is 824. The maximum atomic E-state index is 12.1. The summed E-state index contributed by atoms with van der Waals surface area (Å²) in [6.07, 6.45) is 0. The van der Waals surface area contributed by atoms with E-state index in [4.69, 9.17) is 16.0 Å². The summed E-state index contributed by atoms with van der Waals surface area (Å²) in [6.45, 7) is 4.47. The van der Waals surface area contributed by atoms with E-state index in [0.29, 0.717) is 17.3 Å². The van der Waals surface area contributed by atoms with E-state index < -0.39 is 0 Å². The highest BCUT2D eigenvalue weighted by Gasteiger charge is 2.15. The molecule has 3 rings (SSSR count). The summed E-state index contributed by atoms with van der Waals surface area (Å²) in [5, 5.41) is 0.567. The molecule has 3 aromatic rings. The highest BCUT2D eigenvalue weighted by Crippen LogP contribution is 2.17. The third kappa shape index (κ3) is 3.08. The number of hydrogen-bond donors (Lipinski definition) is 1. The second-order valence-electron chi connectivity index (χ2n) is 5.33. The smallest absolute Gasteiger partial charge is 0.408 e. The summed E-state index contributed by atoms with van der Waals surface area (Å²) in [4.78, 5) is 13.4. The van der Waals surface area contributed by atoms with Crippen LogP contribution in [0.1, 0.15) is 12.5 Å². The van der Waals surface area contributed by atoms with Crippen molar-refractivity contribution < 1.29 is 9.32 Å². The molecule has 1 aromatic heterocycles. The lowest BCUT2D eigenvalue weighted by Crippen LogP contribution is -3.09. The van der Waals surface area contributed by atoms with Crippen molar-refractivity contribution in [2.45, 2.75) is 20.1 Å². The number of nitrogens with zero attached hydrogens (tertiary/aromatic N) is 1. The van der Waals surface area contributed by atoms with Crippen LogP contribution in [0.4, 0.5) is 0 Å². The Morgan fingerprint density at radius 2 is 1.95 bits per heavy atom. The third-order valence-corrected chi connectivity index (χ3v) is 4.04. The molecule has 22 heavy (non-hydrogen) atoms. The van der Waals surface area contributed by atoms with Crippen LogP contribution in [0.5, 0.6) is 0 Å². The van der Waals surface area contributed by atoms with Crippen LogP contribution >= 0.6 is 11.6 Å². The van der Waals surface area contributed by atoms with Crippen LogP contribution in [0.2, 0.25) is 5.02 Å². The van der Waals surface area contributed by atoms with Crippen molar-refractivity contribution in [3.63, 3.8) is 0 Å². The van der Waals surface area contributed by atoms with Gasteiger partial charge >= 0.3 is 5.76 Å². The van der Waals surface area contributed by atoms with Crippen molar-refractivity contribution in [2.75, 3.05) is 6.54 Å². The van der Waals surface area contributed by atoms with Crippen molar-refractivity contribution >= 4 is 22.7 Å². The summed E-state index contributed by atoms with van der Waals surface area (Å²) in [5.41, 5.74) is 2.57. The van der Waals surface area contributed by atoms with E-state index in [1.165, 1.54) is 10.5 Å². The van der Waals surface area contributed by atoms with Gasteiger partial charge in [0.25, 0.3) is 0 Å². The largest absolute Gasteiger partial charge is 0.424 e. The lowest BCUT2D eigenvalue weighted by Gasteiger charge is -2.17.